The summed E-state index contributed by atoms with van der Waals surface area (Å²) in [4.78, 5) is 0. The quantitative estimate of drug-likeness (QED) is 0.529. The van der Waals surface area contributed by atoms with Gasteiger partial charge >= 0.3 is 0 Å². The molecule has 0 atom stereocenters. The van der Waals surface area contributed by atoms with Crippen molar-refractivity contribution in [3.8, 4) is 6.07 Å². The second-order valence-corrected chi connectivity index (χ2v) is 2.03. The molecule has 0 saturated carbocycles. The lowest BCUT2D eigenvalue weighted by atomic mass is 10.1. The third-order valence-electron chi connectivity index (χ3n) is 1.29. The van der Waals surface area contributed by atoms with E-state index in [9.17, 15) is 0 Å². The highest BCUT2D eigenvalue weighted by molar-refractivity contribution is 5.05. The fourth-order valence-corrected chi connectivity index (χ4v) is 0.757. The van der Waals surface area contributed by atoms with Crippen molar-refractivity contribution in [2.24, 2.45) is 0 Å². The molecule has 9 heavy (non-hydrogen) atoms. The number of nitriles is 1. The van der Waals surface area contributed by atoms with E-state index in [0.29, 0.717) is 6.42 Å². The van der Waals surface area contributed by atoms with E-state index < -0.39 is 0 Å². The van der Waals surface area contributed by atoms with Crippen LogP contribution in [0.3, 0.4) is 0 Å². The molecule has 0 aromatic heterocycles. The molecule has 0 heterocycles. The minimum atomic E-state index is 0.602. The van der Waals surface area contributed by atoms with Gasteiger partial charge in [0.2, 0.25) is 0 Å². The molecule has 0 aromatic rings. The smallest absolute Gasteiger partial charge is 0.0666 e. The number of allylic oxidation sites excluding steroid dienone is 2. The Balaban J connectivity index is 3.59. The number of hydrogen-bond donors (Lipinski definition) is 0. The fraction of sp³-hybridized carbons (Fsp3) is 0.625. The first kappa shape index (κ1) is 8.23. The first-order valence-electron chi connectivity index (χ1n) is 3.36. The molecule has 0 saturated heterocycles. The van der Waals surface area contributed by atoms with Crippen LogP contribution in [0.15, 0.2) is 11.6 Å². The highest BCUT2D eigenvalue weighted by atomic mass is 14.2. The lowest BCUT2D eigenvalue weighted by Crippen LogP contribution is -1.78. The van der Waals surface area contributed by atoms with Crippen LogP contribution in [0, 0.1) is 11.3 Å². The zero-order chi connectivity index (χ0) is 7.11. The zero-order valence-electron chi connectivity index (χ0n) is 6.15. The lowest BCUT2D eigenvalue weighted by molar-refractivity contribution is 0.880. The predicted molar refractivity (Wildman–Crippen MR) is 38.9 cm³/mol. The van der Waals surface area contributed by atoms with Crippen molar-refractivity contribution in [1.82, 2.24) is 0 Å². The maximum absolute atomic E-state index is 8.30. The van der Waals surface area contributed by atoms with E-state index in [0.717, 1.165) is 12.8 Å². The van der Waals surface area contributed by atoms with E-state index in [1.165, 1.54) is 5.57 Å². The highest BCUT2D eigenvalue weighted by Gasteiger charge is 1.90. The average Bonchev–Trinajstić information content (AvgIpc) is 1.88. The van der Waals surface area contributed by atoms with E-state index in [1.54, 1.807) is 0 Å². The predicted octanol–water partition coefficient (Wildman–Crippen LogP) is 2.65. The van der Waals surface area contributed by atoms with Crippen LogP contribution in [0.4, 0.5) is 0 Å². The molecule has 50 valence electrons. The molecule has 0 bridgehead atoms. The average molecular weight is 123 g/mol. The molecule has 0 rings (SSSR count). The molecule has 1 nitrogen and oxygen atoms in total. The molecule has 0 aliphatic carbocycles. The molecule has 0 N–H and O–H groups in total. The van der Waals surface area contributed by atoms with Crippen molar-refractivity contribution < 1.29 is 0 Å². The van der Waals surface area contributed by atoms with Crippen LogP contribution in [0.5, 0.6) is 0 Å². The number of nitrogens with zero attached hydrogens (tertiary/aromatic N) is 1. The van der Waals surface area contributed by atoms with Crippen molar-refractivity contribution in [2.75, 3.05) is 0 Å². The van der Waals surface area contributed by atoms with Crippen molar-refractivity contribution in [3.63, 3.8) is 0 Å². The maximum atomic E-state index is 8.30. The molecule has 1 heteroatoms. The molecule has 0 radical (unpaired) electrons. The fourth-order valence-electron chi connectivity index (χ4n) is 0.757. The van der Waals surface area contributed by atoms with Gasteiger partial charge in [-0.15, -0.1) is 0 Å². The van der Waals surface area contributed by atoms with Crippen LogP contribution < -0.4 is 0 Å². The summed E-state index contributed by atoms with van der Waals surface area (Å²) in [6.07, 6.45) is 4.85. The molecule has 0 fully saturated rings. The molecule has 0 amide bonds. The maximum Gasteiger partial charge on any atom is 0.0666 e. The summed E-state index contributed by atoms with van der Waals surface area (Å²) in [5, 5.41) is 8.30. The van der Waals surface area contributed by atoms with Crippen molar-refractivity contribution in [3.05, 3.63) is 11.6 Å². The second kappa shape index (κ2) is 5.37. The topological polar surface area (TPSA) is 23.8 Å². The Morgan fingerprint density at radius 3 is 2.67 bits per heavy atom. The van der Waals surface area contributed by atoms with Crippen LogP contribution in [0.2, 0.25) is 0 Å². The Hall–Kier alpha value is -0.770. The molecular formula is C8H13N. The summed E-state index contributed by atoms with van der Waals surface area (Å²) < 4.78 is 0. The van der Waals surface area contributed by atoms with Gasteiger partial charge in [0.05, 0.1) is 12.5 Å². The molecular weight excluding hydrogens is 110 g/mol. The van der Waals surface area contributed by atoms with E-state index >= 15 is 0 Å². The molecule has 0 aromatic carbocycles. The van der Waals surface area contributed by atoms with E-state index in [2.05, 4.69) is 13.0 Å². The normalized spacial score (nSPS) is 11.0. The van der Waals surface area contributed by atoms with Crippen LogP contribution in [0.1, 0.15) is 33.1 Å². The first-order chi connectivity index (χ1) is 4.35. The summed E-state index contributed by atoms with van der Waals surface area (Å²) in [5.74, 6) is 0. The summed E-state index contributed by atoms with van der Waals surface area (Å²) in [6, 6.07) is 2.14. The Morgan fingerprint density at radius 2 is 2.33 bits per heavy atom. The van der Waals surface area contributed by atoms with Gasteiger partial charge in [-0.1, -0.05) is 25.0 Å². The third kappa shape index (κ3) is 3.78. The van der Waals surface area contributed by atoms with Crippen molar-refractivity contribution >= 4 is 0 Å². The molecule has 0 aliphatic rings. The number of rotatable bonds is 3. The Labute approximate surface area is 57.0 Å². The van der Waals surface area contributed by atoms with Crippen LogP contribution in [-0.2, 0) is 0 Å². The summed E-state index contributed by atoms with van der Waals surface area (Å²) >= 11 is 0. The number of hydrogen-bond acceptors (Lipinski definition) is 1. The van der Waals surface area contributed by atoms with Crippen LogP contribution in [0.25, 0.3) is 0 Å². The van der Waals surface area contributed by atoms with Gasteiger partial charge in [-0.05, 0) is 13.3 Å². The lowest BCUT2D eigenvalue weighted by Gasteiger charge is -1.95. The summed E-state index contributed by atoms with van der Waals surface area (Å²) in [5.41, 5.74) is 1.26. The van der Waals surface area contributed by atoms with E-state index in [1.807, 2.05) is 13.0 Å². The van der Waals surface area contributed by atoms with Gasteiger partial charge in [0.1, 0.15) is 0 Å². The van der Waals surface area contributed by atoms with Gasteiger partial charge in [-0.2, -0.15) is 5.26 Å². The van der Waals surface area contributed by atoms with Gasteiger partial charge in [0, 0.05) is 0 Å². The van der Waals surface area contributed by atoms with Crippen LogP contribution in [-0.4, -0.2) is 0 Å². The van der Waals surface area contributed by atoms with Crippen molar-refractivity contribution in [2.45, 2.75) is 33.1 Å². The third-order valence-corrected chi connectivity index (χ3v) is 1.29. The monoisotopic (exact) mass is 123 g/mol. The Kier molecular flexibility index (Phi) is 4.91. The van der Waals surface area contributed by atoms with Gasteiger partial charge in [0.15, 0.2) is 0 Å². The van der Waals surface area contributed by atoms with Gasteiger partial charge in [-0.25, -0.2) is 0 Å². The molecule has 0 unspecified atom stereocenters. The largest absolute Gasteiger partial charge is 0.198 e. The summed E-state index contributed by atoms with van der Waals surface area (Å²) in [6.45, 7) is 4.11. The molecule has 0 aliphatic heterocycles. The SMILES string of the molecule is C/C=C(/CC#N)CCC. The molecule has 0 spiro atoms. The van der Waals surface area contributed by atoms with Crippen molar-refractivity contribution in [1.29, 1.82) is 5.26 Å². The first-order valence-corrected chi connectivity index (χ1v) is 3.36. The van der Waals surface area contributed by atoms with Gasteiger partial charge in [0.25, 0.3) is 0 Å². The minimum Gasteiger partial charge on any atom is -0.198 e. The van der Waals surface area contributed by atoms with E-state index in [-0.39, 0.29) is 0 Å². The van der Waals surface area contributed by atoms with Crippen LogP contribution >= 0.6 is 0 Å². The minimum absolute atomic E-state index is 0.602. The van der Waals surface area contributed by atoms with Gasteiger partial charge in [-0.3, -0.25) is 0 Å². The Morgan fingerprint density at radius 1 is 1.67 bits per heavy atom. The standard InChI is InChI=1S/C8H13N/c1-3-5-8(4-2)6-7-9/h4H,3,5-6H2,1-2H3/b8-4+. The summed E-state index contributed by atoms with van der Waals surface area (Å²) in [7, 11) is 0. The Bertz CT molecular complexity index is 128. The zero-order valence-corrected chi connectivity index (χ0v) is 6.15. The highest BCUT2D eigenvalue weighted by Crippen LogP contribution is 2.07. The van der Waals surface area contributed by atoms with E-state index in [4.69, 9.17) is 5.26 Å². The van der Waals surface area contributed by atoms with Gasteiger partial charge < -0.3 is 0 Å². The second-order valence-electron chi connectivity index (χ2n) is 2.03.